The molecule has 2 N–H and O–H groups in total. The lowest BCUT2D eigenvalue weighted by molar-refractivity contribution is -0.122. The summed E-state index contributed by atoms with van der Waals surface area (Å²) in [4.78, 5) is 11.1. The van der Waals surface area contributed by atoms with Crippen LogP contribution < -0.4 is 15.4 Å². The summed E-state index contributed by atoms with van der Waals surface area (Å²) < 4.78 is 18.4. The molecule has 0 fully saturated rings. The maximum absolute atomic E-state index is 13.1. The van der Waals surface area contributed by atoms with Crippen molar-refractivity contribution in [1.82, 2.24) is 10.6 Å². The smallest absolute Gasteiger partial charge is 0.257 e. The Kier molecular flexibility index (Phi) is 5.42. The van der Waals surface area contributed by atoms with Crippen molar-refractivity contribution in [2.45, 2.75) is 13.5 Å². The number of nitrogens with one attached hydrogen (secondary N) is 2. The quantitative estimate of drug-likeness (QED) is 0.781. The Hall–Kier alpha value is -1.62. The molecule has 1 aromatic rings. The van der Waals surface area contributed by atoms with E-state index in [9.17, 15) is 9.18 Å². The van der Waals surface area contributed by atoms with Gasteiger partial charge in [0.05, 0.1) is 0 Å². The Labute approximate surface area is 100 Å². The van der Waals surface area contributed by atoms with E-state index >= 15 is 0 Å². The minimum absolute atomic E-state index is 0.0682. The highest BCUT2D eigenvalue weighted by atomic mass is 19.1. The Morgan fingerprint density at radius 3 is 2.88 bits per heavy atom. The van der Waals surface area contributed by atoms with Gasteiger partial charge < -0.3 is 15.4 Å². The van der Waals surface area contributed by atoms with Gasteiger partial charge in [0.1, 0.15) is 11.6 Å². The Morgan fingerprint density at radius 2 is 2.24 bits per heavy atom. The van der Waals surface area contributed by atoms with Crippen molar-refractivity contribution in [2.75, 3.05) is 20.2 Å². The predicted molar refractivity (Wildman–Crippen MR) is 63.3 cm³/mol. The maximum Gasteiger partial charge on any atom is 0.257 e. The average Bonchev–Trinajstić information content (AvgIpc) is 2.34. The number of likely N-dealkylation sites (N-methyl/N-ethyl adjacent to an activating group) is 1. The molecule has 0 atom stereocenters. The minimum atomic E-state index is -0.315. The first kappa shape index (κ1) is 13.4. The van der Waals surface area contributed by atoms with Gasteiger partial charge in [-0.3, -0.25) is 4.79 Å². The fraction of sp³-hybridized carbons (Fsp3) is 0.417. The van der Waals surface area contributed by atoms with Crippen LogP contribution in [0.4, 0.5) is 4.39 Å². The predicted octanol–water partition coefficient (Wildman–Crippen LogP) is 1.06. The van der Waals surface area contributed by atoms with Crippen molar-refractivity contribution in [3.8, 4) is 5.75 Å². The van der Waals surface area contributed by atoms with Crippen LogP contribution >= 0.6 is 0 Å². The van der Waals surface area contributed by atoms with Crippen molar-refractivity contribution >= 4 is 5.91 Å². The van der Waals surface area contributed by atoms with E-state index in [0.717, 1.165) is 6.54 Å². The van der Waals surface area contributed by atoms with Crippen LogP contribution in [0.3, 0.4) is 0 Å². The van der Waals surface area contributed by atoms with Crippen LogP contribution in [-0.2, 0) is 11.3 Å². The lowest BCUT2D eigenvalue weighted by atomic mass is 10.2. The number of ether oxygens (including phenoxy) is 1. The molecule has 17 heavy (non-hydrogen) atoms. The standard InChI is InChI=1S/C12H17FN2O2/c1-3-15-7-9-6-10(13)4-5-11(9)17-8-12(16)14-2/h4-6,15H,3,7-8H2,1-2H3,(H,14,16). The fourth-order valence-corrected chi connectivity index (χ4v) is 1.30. The number of amides is 1. The lowest BCUT2D eigenvalue weighted by Crippen LogP contribution is -2.25. The summed E-state index contributed by atoms with van der Waals surface area (Å²) in [5.74, 6) is -0.00938. The fourth-order valence-electron chi connectivity index (χ4n) is 1.30. The van der Waals surface area contributed by atoms with Gasteiger partial charge in [0.15, 0.2) is 6.61 Å². The molecule has 0 aliphatic heterocycles. The molecule has 1 amide bonds. The van der Waals surface area contributed by atoms with Gasteiger partial charge >= 0.3 is 0 Å². The largest absolute Gasteiger partial charge is 0.483 e. The molecule has 0 spiro atoms. The second-order valence-electron chi connectivity index (χ2n) is 3.49. The first-order chi connectivity index (χ1) is 8.17. The molecule has 0 radical (unpaired) electrons. The maximum atomic E-state index is 13.1. The number of benzene rings is 1. The molecule has 0 aliphatic rings. The number of hydrogen-bond acceptors (Lipinski definition) is 3. The number of carbonyl (C=O) groups is 1. The van der Waals surface area contributed by atoms with Gasteiger partial charge in [0, 0.05) is 19.2 Å². The van der Waals surface area contributed by atoms with E-state index in [0.29, 0.717) is 17.9 Å². The summed E-state index contributed by atoms with van der Waals surface area (Å²) in [5, 5.41) is 5.54. The second kappa shape index (κ2) is 6.85. The summed E-state index contributed by atoms with van der Waals surface area (Å²) in [6, 6.07) is 4.25. The molecular weight excluding hydrogens is 223 g/mol. The zero-order valence-corrected chi connectivity index (χ0v) is 10.0. The molecule has 0 unspecified atom stereocenters. The first-order valence-electron chi connectivity index (χ1n) is 5.50. The van der Waals surface area contributed by atoms with Crippen LogP contribution in [0.2, 0.25) is 0 Å². The van der Waals surface area contributed by atoms with Gasteiger partial charge in [-0.2, -0.15) is 0 Å². The van der Waals surface area contributed by atoms with Gasteiger partial charge in [-0.05, 0) is 24.7 Å². The highest BCUT2D eigenvalue weighted by molar-refractivity contribution is 5.77. The van der Waals surface area contributed by atoms with Gasteiger partial charge in [0.25, 0.3) is 5.91 Å². The third kappa shape index (κ3) is 4.40. The van der Waals surface area contributed by atoms with Crippen LogP contribution in [-0.4, -0.2) is 26.1 Å². The lowest BCUT2D eigenvalue weighted by Gasteiger charge is -2.11. The van der Waals surface area contributed by atoms with Crippen molar-refractivity contribution in [3.63, 3.8) is 0 Å². The van der Waals surface area contributed by atoms with Crippen molar-refractivity contribution in [2.24, 2.45) is 0 Å². The van der Waals surface area contributed by atoms with Crippen LogP contribution in [0.1, 0.15) is 12.5 Å². The van der Waals surface area contributed by atoms with Crippen molar-refractivity contribution in [3.05, 3.63) is 29.6 Å². The number of carbonyl (C=O) groups excluding carboxylic acids is 1. The summed E-state index contributed by atoms with van der Waals surface area (Å²) in [7, 11) is 1.54. The van der Waals surface area contributed by atoms with E-state index in [-0.39, 0.29) is 18.3 Å². The number of rotatable bonds is 6. The molecule has 1 aromatic carbocycles. The van der Waals surface area contributed by atoms with Crippen LogP contribution in [0, 0.1) is 5.82 Å². The average molecular weight is 240 g/mol. The molecular formula is C12H17FN2O2. The normalized spacial score (nSPS) is 10.1. The molecule has 94 valence electrons. The van der Waals surface area contributed by atoms with Gasteiger partial charge in [0.2, 0.25) is 0 Å². The SMILES string of the molecule is CCNCc1cc(F)ccc1OCC(=O)NC. The summed E-state index contributed by atoms with van der Waals surface area (Å²) in [6.07, 6.45) is 0. The van der Waals surface area contributed by atoms with E-state index in [1.807, 2.05) is 6.92 Å². The van der Waals surface area contributed by atoms with Crippen LogP contribution in [0.15, 0.2) is 18.2 Å². The number of halogens is 1. The van der Waals surface area contributed by atoms with Crippen molar-refractivity contribution in [1.29, 1.82) is 0 Å². The summed E-state index contributed by atoms with van der Waals surface area (Å²) in [6.45, 7) is 3.19. The van der Waals surface area contributed by atoms with E-state index in [1.54, 1.807) is 0 Å². The topological polar surface area (TPSA) is 50.4 Å². The molecule has 0 bridgehead atoms. The van der Waals surface area contributed by atoms with E-state index < -0.39 is 0 Å². The van der Waals surface area contributed by atoms with E-state index in [2.05, 4.69) is 10.6 Å². The molecule has 5 heteroatoms. The summed E-state index contributed by atoms with van der Waals surface area (Å²) in [5.41, 5.74) is 0.704. The third-order valence-corrected chi connectivity index (χ3v) is 2.23. The molecule has 0 heterocycles. The monoisotopic (exact) mass is 240 g/mol. The van der Waals surface area contributed by atoms with Crippen LogP contribution in [0.25, 0.3) is 0 Å². The Bertz CT molecular complexity index is 383. The Balaban J connectivity index is 2.71. The van der Waals surface area contributed by atoms with Crippen LogP contribution in [0.5, 0.6) is 5.75 Å². The molecule has 4 nitrogen and oxygen atoms in total. The number of hydrogen-bond donors (Lipinski definition) is 2. The molecule has 1 rings (SSSR count). The highest BCUT2D eigenvalue weighted by Crippen LogP contribution is 2.19. The highest BCUT2D eigenvalue weighted by Gasteiger charge is 2.07. The molecule has 0 aliphatic carbocycles. The van der Waals surface area contributed by atoms with Crippen molar-refractivity contribution < 1.29 is 13.9 Å². The molecule has 0 saturated carbocycles. The minimum Gasteiger partial charge on any atom is -0.483 e. The third-order valence-electron chi connectivity index (χ3n) is 2.23. The van der Waals surface area contributed by atoms with Gasteiger partial charge in [-0.25, -0.2) is 4.39 Å². The zero-order chi connectivity index (χ0) is 12.7. The first-order valence-corrected chi connectivity index (χ1v) is 5.50. The van der Waals surface area contributed by atoms with E-state index in [4.69, 9.17) is 4.74 Å². The molecule has 0 aromatic heterocycles. The van der Waals surface area contributed by atoms with Gasteiger partial charge in [-0.1, -0.05) is 6.92 Å². The van der Waals surface area contributed by atoms with Gasteiger partial charge in [-0.15, -0.1) is 0 Å². The second-order valence-corrected chi connectivity index (χ2v) is 3.49. The van der Waals surface area contributed by atoms with E-state index in [1.165, 1.54) is 25.2 Å². The Morgan fingerprint density at radius 1 is 1.47 bits per heavy atom. The zero-order valence-electron chi connectivity index (χ0n) is 10.0. The summed E-state index contributed by atoms with van der Waals surface area (Å²) >= 11 is 0. The molecule has 0 saturated heterocycles.